The number of amides is 2. The Morgan fingerprint density at radius 3 is 2.73 bits per heavy atom. The Balaban J connectivity index is 1.64. The van der Waals surface area contributed by atoms with E-state index in [9.17, 15) is 9.59 Å². The second-order valence-electron chi connectivity index (χ2n) is 8.10. The third kappa shape index (κ3) is 5.13. The highest BCUT2D eigenvalue weighted by Gasteiger charge is 2.40. The number of aromatic nitrogens is 2. The Kier molecular flexibility index (Phi) is 6.66. The first-order chi connectivity index (χ1) is 14.2. The number of aryl methyl sites for hydroxylation is 2. The van der Waals surface area contributed by atoms with Gasteiger partial charge in [0.1, 0.15) is 5.82 Å². The minimum Gasteiger partial charge on any atom is -0.384 e. The molecule has 0 bridgehead atoms. The first-order valence-corrected chi connectivity index (χ1v) is 10.2. The van der Waals surface area contributed by atoms with Crippen molar-refractivity contribution in [1.29, 1.82) is 0 Å². The van der Waals surface area contributed by atoms with Crippen molar-refractivity contribution in [2.24, 2.45) is 11.7 Å². The van der Waals surface area contributed by atoms with Gasteiger partial charge in [-0.3, -0.25) is 19.5 Å². The number of nitrogens with zero attached hydrogens (tertiary/aromatic N) is 3. The molecule has 2 aromatic heterocycles. The number of likely N-dealkylation sites (tertiary alicyclic amines) is 1. The van der Waals surface area contributed by atoms with Crippen molar-refractivity contribution in [3.05, 3.63) is 53.0 Å². The van der Waals surface area contributed by atoms with Gasteiger partial charge >= 0.3 is 0 Å². The summed E-state index contributed by atoms with van der Waals surface area (Å²) in [6.07, 6.45) is 3.27. The summed E-state index contributed by atoms with van der Waals surface area (Å²) in [5.74, 6) is 0.176. The van der Waals surface area contributed by atoms with Crippen molar-refractivity contribution in [2.45, 2.75) is 52.2 Å². The maximum atomic E-state index is 12.8. The zero-order valence-electron chi connectivity index (χ0n) is 17.8. The molecule has 0 spiro atoms. The Labute approximate surface area is 177 Å². The van der Waals surface area contributed by atoms with E-state index < -0.39 is 12.1 Å². The molecule has 0 aliphatic carbocycles. The molecule has 5 N–H and O–H groups in total. The zero-order valence-corrected chi connectivity index (χ0v) is 17.8. The summed E-state index contributed by atoms with van der Waals surface area (Å²) in [5.41, 5.74) is 15.2. The molecule has 1 fully saturated rings. The molecule has 30 heavy (non-hydrogen) atoms. The van der Waals surface area contributed by atoms with Gasteiger partial charge in [-0.1, -0.05) is 6.07 Å². The summed E-state index contributed by atoms with van der Waals surface area (Å²) >= 11 is 0. The fourth-order valence-corrected chi connectivity index (χ4v) is 4.15. The minimum absolute atomic E-state index is 0.141. The van der Waals surface area contributed by atoms with Crippen molar-refractivity contribution in [3.63, 3.8) is 0 Å². The second kappa shape index (κ2) is 9.21. The number of rotatable bonds is 7. The fraction of sp³-hybridized carbons (Fsp3) is 0.455. The average Bonchev–Trinajstić information content (AvgIpc) is 3.10. The summed E-state index contributed by atoms with van der Waals surface area (Å²) in [6, 6.07) is 6.71. The Morgan fingerprint density at radius 2 is 2.07 bits per heavy atom. The minimum atomic E-state index is -0.464. The molecule has 3 heterocycles. The molecule has 2 aromatic rings. The second-order valence-corrected chi connectivity index (χ2v) is 8.10. The molecule has 8 nitrogen and oxygen atoms in total. The van der Waals surface area contributed by atoms with Gasteiger partial charge in [-0.15, -0.1) is 0 Å². The lowest BCUT2D eigenvalue weighted by atomic mass is 9.97. The van der Waals surface area contributed by atoms with Crippen LogP contribution in [-0.4, -0.2) is 45.3 Å². The van der Waals surface area contributed by atoms with Crippen LogP contribution in [0.5, 0.6) is 0 Å². The number of anilines is 1. The molecule has 2 unspecified atom stereocenters. The van der Waals surface area contributed by atoms with E-state index in [2.05, 4.69) is 21.4 Å². The summed E-state index contributed by atoms with van der Waals surface area (Å²) in [7, 11) is 0. The van der Waals surface area contributed by atoms with Crippen LogP contribution in [0.4, 0.5) is 5.82 Å². The number of carbonyl (C=O) groups is 2. The predicted octanol–water partition coefficient (Wildman–Crippen LogP) is 1.10. The molecule has 1 saturated heterocycles. The van der Waals surface area contributed by atoms with Gasteiger partial charge in [0.05, 0.1) is 12.1 Å². The molecule has 3 rings (SSSR count). The lowest BCUT2D eigenvalue weighted by molar-refractivity contribution is -0.129. The van der Waals surface area contributed by atoms with Gasteiger partial charge in [-0.05, 0) is 68.9 Å². The first-order valence-electron chi connectivity index (χ1n) is 10.2. The summed E-state index contributed by atoms with van der Waals surface area (Å²) < 4.78 is 0. The highest BCUT2D eigenvalue weighted by atomic mass is 16.2. The van der Waals surface area contributed by atoms with Crippen LogP contribution >= 0.6 is 0 Å². The van der Waals surface area contributed by atoms with Crippen LogP contribution in [0.3, 0.4) is 0 Å². The normalized spacial score (nSPS) is 20.1. The van der Waals surface area contributed by atoms with Gasteiger partial charge < -0.3 is 16.8 Å². The zero-order chi connectivity index (χ0) is 21.8. The van der Waals surface area contributed by atoms with Crippen LogP contribution < -0.4 is 16.8 Å². The topological polar surface area (TPSA) is 127 Å². The first kappa shape index (κ1) is 21.7. The smallest absolute Gasteiger partial charge is 0.237 e. The summed E-state index contributed by atoms with van der Waals surface area (Å²) in [6.45, 7) is 6.64. The van der Waals surface area contributed by atoms with Gasteiger partial charge in [0.15, 0.2) is 0 Å². The molecule has 8 heteroatoms. The number of hydrogen-bond acceptors (Lipinski definition) is 6. The maximum absolute atomic E-state index is 12.8. The highest BCUT2D eigenvalue weighted by Crippen LogP contribution is 2.28. The molecule has 3 atom stereocenters. The van der Waals surface area contributed by atoms with Gasteiger partial charge in [-0.2, -0.15) is 0 Å². The monoisotopic (exact) mass is 410 g/mol. The number of carbonyl (C=O) groups excluding carboxylic acids is 2. The van der Waals surface area contributed by atoms with E-state index in [1.165, 1.54) is 5.56 Å². The van der Waals surface area contributed by atoms with Crippen LogP contribution in [0, 0.1) is 19.8 Å². The lowest BCUT2D eigenvalue weighted by Crippen LogP contribution is -2.51. The third-order valence-electron chi connectivity index (χ3n) is 5.79. The summed E-state index contributed by atoms with van der Waals surface area (Å²) in [5, 5.41) is 2.95. The van der Waals surface area contributed by atoms with Crippen LogP contribution in [0.15, 0.2) is 30.5 Å². The Bertz CT molecular complexity index is 932. The fourth-order valence-electron chi connectivity index (χ4n) is 4.15. The van der Waals surface area contributed by atoms with Crippen molar-refractivity contribution < 1.29 is 9.59 Å². The van der Waals surface area contributed by atoms with E-state index in [0.717, 1.165) is 23.4 Å². The molecule has 0 saturated carbocycles. The molecule has 0 aromatic carbocycles. The van der Waals surface area contributed by atoms with E-state index in [0.29, 0.717) is 25.3 Å². The standard InChI is InChI=1S/C22H30N6O2/c1-13-8-16(6-7-25-13)9-17-10-19(21(24)29)28(12-17)15(3)22(30)26-11-18-4-5-20(23)27-14(18)2/h4-8,15,17,19H,9-12H2,1-3H3,(H2,23,27)(H2,24,29)(H,26,30)/t15-,17?,19?/m0/s1. The van der Waals surface area contributed by atoms with Gasteiger partial charge in [0, 0.05) is 30.7 Å². The SMILES string of the molecule is Cc1cc(CC2CC(C(N)=O)N([C@@H](C)C(=O)NCc3ccc(N)nc3C)C2)ccn1. The quantitative estimate of drug-likeness (QED) is 0.627. The van der Waals surface area contributed by atoms with Crippen LogP contribution in [0.25, 0.3) is 0 Å². The van der Waals surface area contributed by atoms with Crippen molar-refractivity contribution in [3.8, 4) is 0 Å². The van der Waals surface area contributed by atoms with Crippen LogP contribution in [-0.2, 0) is 22.6 Å². The van der Waals surface area contributed by atoms with Gasteiger partial charge in [-0.25, -0.2) is 4.98 Å². The third-order valence-corrected chi connectivity index (χ3v) is 5.79. The van der Waals surface area contributed by atoms with E-state index in [1.54, 1.807) is 12.3 Å². The van der Waals surface area contributed by atoms with Crippen LogP contribution in [0.1, 0.15) is 35.9 Å². The molecule has 160 valence electrons. The molecule has 1 aliphatic rings. The molecule has 2 amide bonds. The van der Waals surface area contributed by atoms with Crippen molar-refractivity contribution in [1.82, 2.24) is 20.2 Å². The van der Waals surface area contributed by atoms with Gasteiger partial charge in [0.25, 0.3) is 0 Å². The van der Waals surface area contributed by atoms with E-state index in [4.69, 9.17) is 11.5 Å². The van der Waals surface area contributed by atoms with Gasteiger partial charge in [0.2, 0.25) is 11.8 Å². The molecular formula is C22H30N6O2. The number of hydrogen-bond donors (Lipinski definition) is 3. The highest BCUT2D eigenvalue weighted by molar-refractivity contribution is 5.84. The summed E-state index contributed by atoms with van der Waals surface area (Å²) in [4.78, 5) is 35.2. The number of nitrogens with one attached hydrogen (secondary N) is 1. The lowest BCUT2D eigenvalue weighted by Gasteiger charge is -2.28. The van der Waals surface area contributed by atoms with E-state index >= 15 is 0 Å². The predicted molar refractivity (Wildman–Crippen MR) is 115 cm³/mol. The average molecular weight is 411 g/mol. The van der Waals surface area contributed by atoms with Crippen LogP contribution in [0.2, 0.25) is 0 Å². The van der Waals surface area contributed by atoms with E-state index in [1.807, 2.05) is 37.8 Å². The molecule has 1 aliphatic heterocycles. The Hall–Kier alpha value is -3.00. The number of pyridine rings is 2. The Morgan fingerprint density at radius 1 is 1.30 bits per heavy atom. The number of nitrogen functional groups attached to an aromatic ring is 1. The largest absolute Gasteiger partial charge is 0.384 e. The number of primary amides is 1. The molecule has 0 radical (unpaired) electrons. The molecular weight excluding hydrogens is 380 g/mol. The maximum Gasteiger partial charge on any atom is 0.237 e. The van der Waals surface area contributed by atoms with Crippen molar-refractivity contribution in [2.75, 3.05) is 12.3 Å². The van der Waals surface area contributed by atoms with E-state index in [-0.39, 0.29) is 17.7 Å². The van der Waals surface area contributed by atoms with Crippen molar-refractivity contribution >= 4 is 17.6 Å². The number of nitrogens with two attached hydrogens (primary N) is 2.